The van der Waals surface area contributed by atoms with Gasteiger partial charge in [0.25, 0.3) is 5.91 Å². The largest absolute Gasteiger partial charge is 0.352 e. The number of benzene rings is 1. The van der Waals surface area contributed by atoms with Gasteiger partial charge in [-0.15, -0.1) is 0 Å². The molecular formula is C16H19Cl2N3O3. The molecule has 0 unspecified atom stereocenters. The fourth-order valence-electron chi connectivity index (χ4n) is 2.48. The maximum absolute atomic E-state index is 12.7. The monoisotopic (exact) mass is 371 g/mol. The van der Waals surface area contributed by atoms with Crippen molar-refractivity contribution in [1.29, 1.82) is 0 Å². The maximum Gasteiger partial charge on any atom is 0.325 e. The lowest BCUT2D eigenvalue weighted by Gasteiger charge is -2.23. The number of hydrogen-bond acceptors (Lipinski definition) is 3. The molecule has 1 fully saturated rings. The minimum atomic E-state index is -1.34. The molecule has 0 aliphatic carbocycles. The molecule has 0 saturated carbocycles. The molecule has 1 aliphatic heterocycles. The lowest BCUT2D eigenvalue weighted by atomic mass is 9.92. The highest BCUT2D eigenvalue weighted by Gasteiger charge is 2.50. The Hall–Kier alpha value is -1.79. The fourth-order valence-corrected chi connectivity index (χ4v) is 3.08. The van der Waals surface area contributed by atoms with Gasteiger partial charge in [0.1, 0.15) is 12.1 Å². The second-order valence-corrected chi connectivity index (χ2v) is 6.79. The van der Waals surface area contributed by atoms with Gasteiger partial charge >= 0.3 is 6.03 Å². The van der Waals surface area contributed by atoms with E-state index in [0.29, 0.717) is 10.6 Å². The topological polar surface area (TPSA) is 78.5 Å². The standard InChI is InChI=1S/C16H19Cl2N3O3/c1-4-9(2)19-13(22)8-21-14(23)16(3,20-15(21)24)11-6-5-10(17)7-12(11)18/h5-7,9H,4,8H2,1-3H3,(H,19,22)(H,20,24)/t9-,16+/m1/s1. The molecule has 0 aromatic heterocycles. The summed E-state index contributed by atoms with van der Waals surface area (Å²) in [4.78, 5) is 37.8. The van der Waals surface area contributed by atoms with Crippen molar-refractivity contribution in [2.24, 2.45) is 0 Å². The van der Waals surface area contributed by atoms with Crippen LogP contribution in [0.5, 0.6) is 0 Å². The normalized spacial score (nSPS) is 21.6. The number of urea groups is 1. The van der Waals surface area contributed by atoms with Crippen LogP contribution in [0.15, 0.2) is 18.2 Å². The van der Waals surface area contributed by atoms with Gasteiger partial charge < -0.3 is 10.6 Å². The Labute approximate surface area is 150 Å². The van der Waals surface area contributed by atoms with E-state index < -0.39 is 17.5 Å². The van der Waals surface area contributed by atoms with E-state index >= 15 is 0 Å². The highest BCUT2D eigenvalue weighted by molar-refractivity contribution is 6.35. The first-order chi connectivity index (χ1) is 11.2. The zero-order valence-corrected chi connectivity index (χ0v) is 15.2. The van der Waals surface area contributed by atoms with Gasteiger partial charge in [0, 0.05) is 21.7 Å². The Morgan fingerprint density at radius 2 is 2.04 bits per heavy atom. The van der Waals surface area contributed by atoms with Crippen molar-refractivity contribution >= 4 is 41.0 Å². The Morgan fingerprint density at radius 3 is 2.62 bits per heavy atom. The van der Waals surface area contributed by atoms with Crippen LogP contribution < -0.4 is 10.6 Å². The number of amides is 4. The predicted octanol–water partition coefficient (Wildman–Crippen LogP) is 2.68. The van der Waals surface area contributed by atoms with Crippen LogP contribution in [0.4, 0.5) is 4.79 Å². The minimum Gasteiger partial charge on any atom is -0.352 e. The highest BCUT2D eigenvalue weighted by Crippen LogP contribution is 2.34. The molecule has 4 amide bonds. The Balaban J connectivity index is 2.23. The van der Waals surface area contributed by atoms with Crippen LogP contribution >= 0.6 is 23.2 Å². The molecule has 1 saturated heterocycles. The molecule has 1 aromatic carbocycles. The third kappa shape index (κ3) is 3.49. The van der Waals surface area contributed by atoms with Gasteiger partial charge in [0.05, 0.1) is 0 Å². The summed E-state index contributed by atoms with van der Waals surface area (Å²) in [6, 6.07) is 4.02. The highest BCUT2D eigenvalue weighted by atomic mass is 35.5. The van der Waals surface area contributed by atoms with Crippen molar-refractivity contribution in [1.82, 2.24) is 15.5 Å². The second kappa shape index (κ2) is 6.99. The average Bonchev–Trinajstić information content (AvgIpc) is 2.71. The quantitative estimate of drug-likeness (QED) is 0.780. The third-order valence-electron chi connectivity index (χ3n) is 4.07. The number of nitrogens with zero attached hydrogens (tertiary/aromatic N) is 1. The van der Waals surface area contributed by atoms with E-state index in [1.54, 1.807) is 19.1 Å². The first-order valence-electron chi connectivity index (χ1n) is 7.58. The number of imide groups is 1. The molecule has 8 heteroatoms. The van der Waals surface area contributed by atoms with E-state index in [4.69, 9.17) is 23.2 Å². The number of hydrogen-bond donors (Lipinski definition) is 2. The predicted molar refractivity (Wildman–Crippen MR) is 92.0 cm³/mol. The van der Waals surface area contributed by atoms with Crippen molar-refractivity contribution in [3.8, 4) is 0 Å². The van der Waals surface area contributed by atoms with E-state index in [2.05, 4.69) is 10.6 Å². The molecule has 130 valence electrons. The first-order valence-corrected chi connectivity index (χ1v) is 8.33. The molecule has 0 bridgehead atoms. The zero-order valence-electron chi connectivity index (χ0n) is 13.7. The van der Waals surface area contributed by atoms with E-state index in [9.17, 15) is 14.4 Å². The van der Waals surface area contributed by atoms with Gasteiger partial charge in [-0.3, -0.25) is 14.5 Å². The molecule has 2 rings (SSSR count). The lowest BCUT2D eigenvalue weighted by molar-refractivity contribution is -0.135. The maximum atomic E-state index is 12.7. The number of nitrogens with one attached hydrogen (secondary N) is 2. The van der Waals surface area contributed by atoms with Crippen LogP contribution in [0, 0.1) is 0 Å². The summed E-state index contributed by atoms with van der Waals surface area (Å²) in [6.07, 6.45) is 0.754. The van der Waals surface area contributed by atoms with Gasteiger partial charge in [-0.1, -0.05) is 36.2 Å². The van der Waals surface area contributed by atoms with Gasteiger partial charge in [-0.05, 0) is 32.4 Å². The molecule has 1 aliphatic rings. The number of rotatable bonds is 5. The Morgan fingerprint density at radius 1 is 1.38 bits per heavy atom. The van der Waals surface area contributed by atoms with Crippen molar-refractivity contribution in [2.45, 2.75) is 38.8 Å². The third-order valence-corrected chi connectivity index (χ3v) is 4.61. The summed E-state index contributed by atoms with van der Waals surface area (Å²) in [5, 5.41) is 6.03. The van der Waals surface area contributed by atoms with Crippen molar-refractivity contribution in [3.05, 3.63) is 33.8 Å². The molecule has 2 N–H and O–H groups in total. The summed E-state index contributed by atoms with van der Waals surface area (Å²) in [7, 11) is 0. The van der Waals surface area contributed by atoms with Crippen LogP contribution in [0.2, 0.25) is 10.0 Å². The van der Waals surface area contributed by atoms with E-state index in [1.807, 2.05) is 13.8 Å². The van der Waals surface area contributed by atoms with Crippen molar-refractivity contribution in [3.63, 3.8) is 0 Å². The van der Waals surface area contributed by atoms with Crippen LogP contribution in [-0.2, 0) is 15.1 Å². The second-order valence-electron chi connectivity index (χ2n) is 5.95. The van der Waals surface area contributed by atoms with Gasteiger partial charge in [-0.2, -0.15) is 0 Å². The number of halogens is 2. The van der Waals surface area contributed by atoms with Crippen LogP contribution in [0.25, 0.3) is 0 Å². The van der Waals surface area contributed by atoms with Crippen molar-refractivity contribution < 1.29 is 14.4 Å². The summed E-state index contributed by atoms with van der Waals surface area (Å²) >= 11 is 12.0. The smallest absolute Gasteiger partial charge is 0.325 e. The van der Waals surface area contributed by atoms with Crippen LogP contribution in [-0.4, -0.2) is 35.3 Å². The van der Waals surface area contributed by atoms with E-state index in [0.717, 1.165) is 11.3 Å². The minimum absolute atomic E-state index is 0.0321. The van der Waals surface area contributed by atoms with Gasteiger partial charge in [0.2, 0.25) is 5.91 Å². The summed E-state index contributed by atoms with van der Waals surface area (Å²) in [6.45, 7) is 4.99. The van der Waals surface area contributed by atoms with Gasteiger partial charge in [0.15, 0.2) is 0 Å². The summed E-state index contributed by atoms with van der Waals surface area (Å²) in [5.41, 5.74) is -0.910. The summed E-state index contributed by atoms with van der Waals surface area (Å²) in [5.74, 6) is -0.921. The Kier molecular flexibility index (Phi) is 5.40. The molecule has 1 heterocycles. The fraction of sp³-hybridized carbons (Fsp3) is 0.438. The molecule has 6 nitrogen and oxygen atoms in total. The van der Waals surface area contributed by atoms with E-state index in [1.165, 1.54) is 6.07 Å². The molecule has 0 spiro atoms. The average molecular weight is 372 g/mol. The summed E-state index contributed by atoms with van der Waals surface area (Å²) < 4.78 is 0. The van der Waals surface area contributed by atoms with Crippen LogP contribution in [0.1, 0.15) is 32.8 Å². The number of carbonyl (C=O) groups excluding carboxylic acids is 3. The zero-order chi connectivity index (χ0) is 18.1. The first kappa shape index (κ1) is 18.5. The molecular weight excluding hydrogens is 353 g/mol. The molecule has 0 radical (unpaired) electrons. The molecule has 24 heavy (non-hydrogen) atoms. The van der Waals surface area contributed by atoms with Crippen LogP contribution in [0.3, 0.4) is 0 Å². The number of carbonyl (C=O) groups is 3. The Bertz CT molecular complexity index is 695. The van der Waals surface area contributed by atoms with Gasteiger partial charge in [-0.25, -0.2) is 4.79 Å². The molecule has 2 atom stereocenters. The van der Waals surface area contributed by atoms with Crippen molar-refractivity contribution in [2.75, 3.05) is 6.54 Å². The SMILES string of the molecule is CC[C@@H](C)NC(=O)CN1C(=O)N[C@@](C)(c2ccc(Cl)cc2Cl)C1=O. The van der Waals surface area contributed by atoms with E-state index in [-0.39, 0.29) is 23.5 Å². The lowest BCUT2D eigenvalue weighted by Crippen LogP contribution is -2.44. The molecule has 1 aromatic rings.